The molecule has 0 fully saturated rings. The van der Waals surface area contributed by atoms with E-state index in [2.05, 4.69) is 17.5 Å². The minimum absolute atomic E-state index is 0.151. The van der Waals surface area contributed by atoms with Gasteiger partial charge in [0.2, 0.25) is 0 Å². The maximum Gasteiger partial charge on any atom is 0.417 e. The number of hydrogen-bond donors (Lipinski definition) is 2. The molecule has 0 atom stereocenters. The predicted octanol–water partition coefficient (Wildman–Crippen LogP) is 3.94. The van der Waals surface area contributed by atoms with Crippen LogP contribution in [0.1, 0.15) is 38.3 Å². The van der Waals surface area contributed by atoms with Gasteiger partial charge in [0.25, 0.3) is 0 Å². The third kappa shape index (κ3) is 4.09. The Morgan fingerprint density at radius 3 is 2.32 bits per heavy atom. The SMILES string of the molecule is CCC(C)(C)Nc1ccc(C(N)=S)c(C(F)(F)F)c1. The molecule has 3 N–H and O–H groups in total. The number of thiocarbonyl (C=S) groups is 1. The van der Waals surface area contributed by atoms with Gasteiger partial charge < -0.3 is 11.1 Å². The van der Waals surface area contributed by atoms with Gasteiger partial charge in [-0.3, -0.25) is 0 Å². The maximum absolute atomic E-state index is 13.0. The summed E-state index contributed by atoms with van der Waals surface area (Å²) in [6.45, 7) is 5.80. The first-order valence-electron chi connectivity index (χ1n) is 5.86. The van der Waals surface area contributed by atoms with E-state index in [0.29, 0.717) is 5.69 Å². The lowest BCUT2D eigenvalue weighted by atomic mass is 10.00. The molecule has 0 bridgehead atoms. The molecule has 106 valence electrons. The second-order valence-electron chi connectivity index (χ2n) is 4.98. The molecular weight excluding hydrogens is 273 g/mol. The van der Waals surface area contributed by atoms with Gasteiger partial charge in [0.15, 0.2) is 0 Å². The number of halogens is 3. The van der Waals surface area contributed by atoms with Crippen LogP contribution < -0.4 is 11.1 Å². The van der Waals surface area contributed by atoms with Crippen molar-refractivity contribution in [1.29, 1.82) is 0 Å². The smallest absolute Gasteiger partial charge is 0.389 e. The van der Waals surface area contributed by atoms with E-state index in [1.165, 1.54) is 6.07 Å². The standard InChI is InChI=1S/C13H17F3N2S/c1-4-12(2,3)18-8-5-6-9(11(17)19)10(7-8)13(14,15)16/h5-7,18H,4H2,1-3H3,(H2,17,19). The highest BCUT2D eigenvalue weighted by molar-refractivity contribution is 7.80. The van der Waals surface area contributed by atoms with Gasteiger partial charge in [-0.2, -0.15) is 13.2 Å². The molecule has 0 unspecified atom stereocenters. The van der Waals surface area contributed by atoms with Crippen LogP contribution in [0.3, 0.4) is 0 Å². The summed E-state index contributed by atoms with van der Waals surface area (Å²) in [5, 5.41) is 3.06. The van der Waals surface area contributed by atoms with E-state index in [1.807, 2.05) is 20.8 Å². The molecule has 1 rings (SSSR count). The van der Waals surface area contributed by atoms with Gasteiger partial charge >= 0.3 is 6.18 Å². The Hall–Kier alpha value is -1.30. The Bertz CT molecular complexity index is 481. The average molecular weight is 290 g/mol. The second kappa shape index (κ2) is 5.36. The zero-order chi connectivity index (χ0) is 14.8. The quantitative estimate of drug-likeness (QED) is 0.825. The highest BCUT2D eigenvalue weighted by Gasteiger charge is 2.34. The third-order valence-electron chi connectivity index (χ3n) is 2.96. The van der Waals surface area contributed by atoms with E-state index in [9.17, 15) is 13.2 Å². The molecule has 0 aliphatic heterocycles. The lowest BCUT2D eigenvalue weighted by Gasteiger charge is -2.26. The van der Waals surface area contributed by atoms with E-state index in [1.54, 1.807) is 6.07 Å². The van der Waals surface area contributed by atoms with Crippen molar-refractivity contribution in [2.45, 2.75) is 38.9 Å². The van der Waals surface area contributed by atoms with Gasteiger partial charge in [-0.1, -0.05) is 19.1 Å². The molecule has 0 aliphatic rings. The largest absolute Gasteiger partial charge is 0.417 e. The number of benzene rings is 1. The molecule has 1 aromatic rings. The number of anilines is 1. The zero-order valence-electron chi connectivity index (χ0n) is 11.1. The molecule has 2 nitrogen and oxygen atoms in total. The topological polar surface area (TPSA) is 38.0 Å². The van der Waals surface area contributed by atoms with Crippen LogP contribution in [0.25, 0.3) is 0 Å². The summed E-state index contributed by atoms with van der Waals surface area (Å²) >= 11 is 4.65. The molecule has 0 spiro atoms. The van der Waals surface area contributed by atoms with Crippen LogP contribution in [-0.2, 0) is 6.18 Å². The van der Waals surface area contributed by atoms with E-state index >= 15 is 0 Å². The fraction of sp³-hybridized carbons (Fsp3) is 0.462. The van der Waals surface area contributed by atoms with Crippen LogP contribution in [0.4, 0.5) is 18.9 Å². The molecule has 19 heavy (non-hydrogen) atoms. The van der Waals surface area contributed by atoms with Crippen molar-refractivity contribution in [2.75, 3.05) is 5.32 Å². The Balaban J connectivity index is 3.23. The summed E-state index contributed by atoms with van der Waals surface area (Å²) in [7, 11) is 0. The molecule has 0 amide bonds. The minimum atomic E-state index is -4.48. The first kappa shape index (κ1) is 15.8. The average Bonchev–Trinajstić information content (AvgIpc) is 2.27. The monoisotopic (exact) mass is 290 g/mol. The number of nitrogens with one attached hydrogen (secondary N) is 1. The normalized spacial score (nSPS) is 12.3. The number of hydrogen-bond acceptors (Lipinski definition) is 2. The van der Waals surface area contributed by atoms with Crippen LogP contribution in [0.15, 0.2) is 18.2 Å². The molecule has 0 radical (unpaired) electrons. The van der Waals surface area contributed by atoms with Gasteiger partial charge in [-0.15, -0.1) is 0 Å². The highest BCUT2D eigenvalue weighted by Crippen LogP contribution is 2.34. The number of alkyl halides is 3. The van der Waals surface area contributed by atoms with Gasteiger partial charge in [0, 0.05) is 16.8 Å². The van der Waals surface area contributed by atoms with E-state index in [0.717, 1.165) is 12.5 Å². The summed E-state index contributed by atoms with van der Waals surface area (Å²) < 4.78 is 38.9. The van der Waals surface area contributed by atoms with Gasteiger partial charge in [0.05, 0.1) is 5.56 Å². The molecule has 0 saturated carbocycles. The van der Waals surface area contributed by atoms with Crippen molar-refractivity contribution in [3.05, 3.63) is 29.3 Å². The van der Waals surface area contributed by atoms with Crippen molar-refractivity contribution in [2.24, 2.45) is 5.73 Å². The Morgan fingerprint density at radius 2 is 1.89 bits per heavy atom. The Kier molecular flexibility index (Phi) is 4.45. The molecule has 6 heteroatoms. The molecule has 0 heterocycles. The van der Waals surface area contributed by atoms with Crippen LogP contribution in [0, 0.1) is 0 Å². The molecule has 0 aromatic heterocycles. The molecule has 1 aromatic carbocycles. The molecule has 0 saturated heterocycles. The summed E-state index contributed by atoms with van der Waals surface area (Å²) in [5.41, 5.74) is 4.48. The van der Waals surface area contributed by atoms with Gasteiger partial charge in [-0.25, -0.2) is 0 Å². The number of nitrogens with two attached hydrogens (primary N) is 1. The fourth-order valence-corrected chi connectivity index (χ4v) is 1.73. The summed E-state index contributed by atoms with van der Waals surface area (Å²) in [5.74, 6) is 0. The van der Waals surface area contributed by atoms with Crippen molar-refractivity contribution in [3.8, 4) is 0 Å². The minimum Gasteiger partial charge on any atom is -0.389 e. The van der Waals surface area contributed by atoms with Crippen LogP contribution in [-0.4, -0.2) is 10.5 Å². The first-order chi connectivity index (χ1) is 8.57. The number of rotatable bonds is 4. The molecular formula is C13H17F3N2S. The van der Waals surface area contributed by atoms with Crippen LogP contribution in [0.2, 0.25) is 0 Å². The highest BCUT2D eigenvalue weighted by atomic mass is 32.1. The van der Waals surface area contributed by atoms with Crippen molar-refractivity contribution in [3.63, 3.8) is 0 Å². The van der Waals surface area contributed by atoms with Crippen molar-refractivity contribution >= 4 is 22.9 Å². The van der Waals surface area contributed by atoms with E-state index in [4.69, 9.17) is 5.73 Å². The third-order valence-corrected chi connectivity index (χ3v) is 3.18. The Labute approximate surface area is 116 Å². The van der Waals surface area contributed by atoms with Gasteiger partial charge in [-0.05, 0) is 38.5 Å². The summed E-state index contributed by atoms with van der Waals surface area (Å²) in [4.78, 5) is -0.256. The lowest BCUT2D eigenvalue weighted by Crippen LogP contribution is -2.30. The fourth-order valence-electron chi connectivity index (χ4n) is 1.55. The second-order valence-corrected chi connectivity index (χ2v) is 5.42. The zero-order valence-corrected chi connectivity index (χ0v) is 11.9. The van der Waals surface area contributed by atoms with Crippen molar-refractivity contribution in [1.82, 2.24) is 0 Å². The van der Waals surface area contributed by atoms with Crippen LogP contribution >= 0.6 is 12.2 Å². The molecule has 0 aliphatic carbocycles. The van der Waals surface area contributed by atoms with Gasteiger partial charge in [0.1, 0.15) is 4.99 Å². The van der Waals surface area contributed by atoms with Crippen LogP contribution in [0.5, 0.6) is 0 Å². The lowest BCUT2D eigenvalue weighted by molar-refractivity contribution is -0.137. The first-order valence-corrected chi connectivity index (χ1v) is 6.27. The summed E-state index contributed by atoms with van der Waals surface area (Å²) in [6, 6.07) is 3.91. The van der Waals surface area contributed by atoms with Crippen molar-refractivity contribution < 1.29 is 13.2 Å². The maximum atomic E-state index is 13.0. The predicted molar refractivity (Wildman–Crippen MR) is 75.3 cm³/mol. The summed E-state index contributed by atoms with van der Waals surface area (Å²) in [6.07, 6.45) is -3.70. The Morgan fingerprint density at radius 1 is 1.32 bits per heavy atom. The van der Waals surface area contributed by atoms with E-state index < -0.39 is 11.7 Å². The van der Waals surface area contributed by atoms with E-state index in [-0.39, 0.29) is 16.1 Å².